The quantitative estimate of drug-likeness (QED) is 0.638. The Labute approximate surface area is 160 Å². The lowest BCUT2D eigenvalue weighted by atomic mass is 10.2. The van der Waals surface area contributed by atoms with Crippen molar-refractivity contribution in [3.8, 4) is 6.07 Å². The average Bonchev–Trinajstić information content (AvgIpc) is 2.70. The SMILES string of the molecule is COC(=O)c1ccc(Cl)c(Nc2ccnc(Nc3ccccc3C#N)n2)c1. The van der Waals surface area contributed by atoms with Crippen molar-refractivity contribution >= 4 is 40.7 Å². The number of aromatic nitrogens is 2. The number of ether oxygens (including phenoxy) is 1. The lowest BCUT2D eigenvalue weighted by Gasteiger charge is -2.11. The molecule has 1 heterocycles. The monoisotopic (exact) mass is 379 g/mol. The minimum atomic E-state index is -0.465. The van der Waals surface area contributed by atoms with Gasteiger partial charge in [0.25, 0.3) is 0 Å². The van der Waals surface area contributed by atoms with E-state index in [1.165, 1.54) is 7.11 Å². The van der Waals surface area contributed by atoms with Gasteiger partial charge in [0.15, 0.2) is 0 Å². The number of esters is 1. The number of nitriles is 1. The molecule has 0 bridgehead atoms. The number of carbonyl (C=O) groups is 1. The van der Waals surface area contributed by atoms with E-state index < -0.39 is 5.97 Å². The topological polar surface area (TPSA) is 99.9 Å². The van der Waals surface area contributed by atoms with Gasteiger partial charge in [0.2, 0.25) is 5.95 Å². The fourth-order valence-electron chi connectivity index (χ4n) is 2.30. The van der Waals surface area contributed by atoms with Crippen molar-refractivity contribution < 1.29 is 9.53 Å². The molecule has 3 aromatic rings. The Morgan fingerprint density at radius 1 is 1.15 bits per heavy atom. The minimum absolute atomic E-state index is 0.308. The molecule has 7 nitrogen and oxygen atoms in total. The Kier molecular flexibility index (Phi) is 5.50. The molecule has 0 unspecified atom stereocenters. The van der Waals surface area contributed by atoms with Gasteiger partial charge in [-0.3, -0.25) is 0 Å². The first-order valence-corrected chi connectivity index (χ1v) is 8.22. The molecule has 0 radical (unpaired) electrons. The number of hydrogen-bond acceptors (Lipinski definition) is 7. The van der Waals surface area contributed by atoms with Gasteiger partial charge in [-0.05, 0) is 36.4 Å². The Bertz CT molecular complexity index is 1030. The molecule has 0 fully saturated rings. The smallest absolute Gasteiger partial charge is 0.337 e. The molecule has 27 heavy (non-hydrogen) atoms. The van der Waals surface area contributed by atoms with E-state index in [4.69, 9.17) is 16.3 Å². The molecular weight excluding hydrogens is 366 g/mol. The van der Waals surface area contributed by atoms with Crippen LogP contribution in [0.3, 0.4) is 0 Å². The van der Waals surface area contributed by atoms with Crippen molar-refractivity contribution in [1.29, 1.82) is 5.26 Å². The summed E-state index contributed by atoms with van der Waals surface area (Å²) in [5, 5.41) is 15.7. The summed E-state index contributed by atoms with van der Waals surface area (Å²) in [7, 11) is 1.31. The fraction of sp³-hybridized carbons (Fsp3) is 0.0526. The van der Waals surface area contributed by atoms with Crippen LogP contribution in [0.5, 0.6) is 0 Å². The molecule has 3 rings (SSSR count). The second-order valence-corrected chi connectivity index (χ2v) is 5.77. The molecule has 0 atom stereocenters. The number of anilines is 4. The number of benzene rings is 2. The van der Waals surface area contributed by atoms with E-state index in [2.05, 4.69) is 26.7 Å². The van der Waals surface area contributed by atoms with E-state index in [1.54, 1.807) is 48.7 Å². The second-order valence-electron chi connectivity index (χ2n) is 5.36. The largest absolute Gasteiger partial charge is 0.465 e. The molecule has 0 saturated carbocycles. The molecule has 0 saturated heterocycles. The highest BCUT2D eigenvalue weighted by atomic mass is 35.5. The highest BCUT2D eigenvalue weighted by Crippen LogP contribution is 2.27. The zero-order chi connectivity index (χ0) is 19.2. The van der Waals surface area contributed by atoms with Gasteiger partial charge in [0.1, 0.15) is 11.9 Å². The van der Waals surface area contributed by atoms with Crippen LogP contribution in [-0.4, -0.2) is 23.0 Å². The van der Waals surface area contributed by atoms with Gasteiger partial charge in [-0.15, -0.1) is 0 Å². The molecule has 1 aromatic heterocycles. The summed E-state index contributed by atoms with van der Waals surface area (Å²) in [5.74, 6) is 0.307. The molecule has 0 amide bonds. The lowest BCUT2D eigenvalue weighted by Crippen LogP contribution is -2.04. The number of para-hydroxylation sites is 1. The number of rotatable bonds is 5. The van der Waals surface area contributed by atoms with Crippen molar-refractivity contribution in [2.45, 2.75) is 0 Å². The third-order valence-corrected chi connectivity index (χ3v) is 3.93. The third kappa shape index (κ3) is 4.32. The van der Waals surface area contributed by atoms with E-state index >= 15 is 0 Å². The molecule has 2 N–H and O–H groups in total. The minimum Gasteiger partial charge on any atom is -0.465 e. The van der Waals surface area contributed by atoms with Gasteiger partial charge in [-0.2, -0.15) is 10.2 Å². The van der Waals surface area contributed by atoms with Crippen LogP contribution in [0.15, 0.2) is 54.7 Å². The first kappa shape index (κ1) is 18.2. The summed E-state index contributed by atoms with van der Waals surface area (Å²) in [6.45, 7) is 0. The molecule has 8 heteroatoms. The van der Waals surface area contributed by atoms with Crippen molar-refractivity contribution in [2.75, 3.05) is 17.7 Å². The van der Waals surface area contributed by atoms with Gasteiger partial charge in [-0.1, -0.05) is 23.7 Å². The summed E-state index contributed by atoms with van der Waals surface area (Å²) >= 11 is 6.19. The predicted octanol–water partition coefficient (Wildman–Crippen LogP) is 4.28. The van der Waals surface area contributed by atoms with E-state index in [9.17, 15) is 10.1 Å². The molecule has 0 spiro atoms. The zero-order valence-corrected chi connectivity index (χ0v) is 15.0. The van der Waals surface area contributed by atoms with Crippen LogP contribution in [0.25, 0.3) is 0 Å². The zero-order valence-electron chi connectivity index (χ0n) is 14.2. The van der Waals surface area contributed by atoms with E-state index in [1.807, 2.05) is 6.07 Å². The summed E-state index contributed by atoms with van der Waals surface area (Å²) in [5.41, 5.74) is 1.94. The molecule has 0 aliphatic carbocycles. The Morgan fingerprint density at radius 2 is 1.96 bits per heavy atom. The summed E-state index contributed by atoms with van der Waals surface area (Å²) in [6.07, 6.45) is 1.56. The van der Waals surface area contributed by atoms with Crippen molar-refractivity contribution in [3.63, 3.8) is 0 Å². The predicted molar refractivity (Wildman–Crippen MR) is 103 cm³/mol. The maximum Gasteiger partial charge on any atom is 0.337 e. The molecular formula is C19H14ClN5O2. The number of hydrogen-bond donors (Lipinski definition) is 2. The van der Waals surface area contributed by atoms with Gasteiger partial charge in [0, 0.05) is 6.20 Å². The third-order valence-electron chi connectivity index (χ3n) is 3.60. The maximum atomic E-state index is 11.7. The van der Waals surface area contributed by atoms with E-state index in [0.717, 1.165) is 0 Å². The van der Waals surface area contributed by atoms with Crippen molar-refractivity contribution in [3.05, 3.63) is 70.9 Å². The molecule has 134 valence electrons. The van der Waals surface area contributed by atoms with Crippen LogP contribution in [0, 0.1) is 11.3 Å². The van der Waals surface area contributed by atoms with Crippen LogP contribution in [0.2, 0.25) is 5.02 Å². The number of halogens is 1. The van der Waals surface area contributed by atoms with Crippen LogP contribution in [0.4, 0.5) is 23.1 Å². The lowest BCUT2D eigenvalue weighted by molar-refractivity contribution is 0.0601. The Balaban J connectivity index is 1.84. The van der Waals surface area contributed by atoms with E-state index in [-0.39, 0.29) is 0 Å². The van der Waals surface area contributed by atoms with Gasteiger partial charge < -0.3 is 15.4 Å². The molecule has 0 aliphatic heterocycles. The normalized spacial score (nSPS) is 9.96. The highest BCUT2D eigenvalue weighted by molar-refractivity contribution is 6.33. The van der Waals surface area contributed by atoms with Crippen LogP contribution in [-0.2, 0) is 4.74 Å². The Hall–Kier alpha value is -3.63. The molecule has 2 aromatic carbocycles. The number of methoxy groups -OCH3 is 1. The fourth-order valence-corrected chi connectivity index (χ4v) is 2.47. The van der Waals surface area contributed by atoms with Crippen LogP contribution < -0.4 is 10.6 Å². The summed E-state index contributed by atoms with van der Waals surface area (Å²) in [4.78, 5) is 20.2. The molecule has 0 aliphatic rings. The Morgan fingerprint density at radius 3 is 2.74 bits per heavy atom. The highest BCUT2D eigenvalue weighted by Gasteiger charge is 2.10. The van der Waals surface area contributed by atoms with Gasteiger partial charge >= 0.3 is 5.97 Å². The maximum absolute atomic E-state index is 11.7. The van der Waals surface area contributed by atoms with Gasteiger partial charge in [0.05, 0.1) is 34.6 Å². The van der Waals surface area contributed by atoms with Crippen molar-refractivity contribution in [1.82, 2.24) is 9.97 Å². The number of nitrogens with zero attached hydrogens (tertiary/aromatic N) is 3. The van der Waals surface area contributed by atoms with Crippen LogP contribution in [0.1, 0.15) is 15.9 Å². The summed E-state index contributed by atoms with van der Waals surface area (Å²) < 4.78 is 4.72. The standard InChI is InChI=1S/C19H14ClN5O2/c1-27-18(26)12-6-7-14(20)16(10-12)23-17-8-9-22-19(25-17)24-15-5-3-2-4-13(15)11-21/h2-10H,1H3,(H2,22,23,24,25). The van der Waals surface area contributed by atoms with Crippen LogP contribution >= 0.6 is 11.6 Å². The average molecular weight is 380 g/mol. The van der Waals surface area contributed by atoms with Gasteiger partial charge in [-0.25, -0.2) is 9.78 Å². The summed E-state index contributed by atoms with van der Waals surface area (Å²) in [6, 6.07) is 15.6. The number of nitrogens with one attached hydrogen (secondary N) is 2. The number of carbonyl (C=O) groups excluding carboxylic acids is 1. The van der Waals surface area contributed by atoms with E-state index in [0.29, 0.717) is 39.3 Å². The first-order valence-electron chi connectivity index (χ1n) is 7.85. The van der Waals surface area contributed by atoms with Crippen molar-refractivity contribution in [2.24, 2.45) is 0 Å². The first-order chi connectivity index (χ1) is 13.1. The second kappa shape index (κ2) is 8.17.